The molecule has 1 aromatic carbocycles. The Kier molecular flexibility index (Phi) is 4.69. The number of nitrogens with zero attached hydrogens (tertiary/aromatic N) is 4. The molecule has 24 heavy (non-hydrogen) atoms. The molecule has 0 bridgehead atoms. The quantitative estimate of drug-likeness (QED) is 0.897. The van der Waals surface area contributed by atoms with Gasteiger partial charge in [-0.2, -0.15) is 0 Å². The number of nitrogens with two attached hydrogens (primary N) is 1. The fraction of sp³-hybridized carbons (Fsp3) is 0.412. The lowest BCUT2D eigenvalue weighted by Gasteiger charge is -2.37. The Morgan fingerprint density at radius 3 is 2.29 bits per heavy atom. The SMILES string of the molecule is CC(C)Nc1ncnc(N2CCN(c3ccc(F)cc3)CC2)c1N. The molecule has 3 rings (SSSR count). The van der Waals surface area contributed by atoms with Crippen molar-refractivity contribution < 1.29 is 4.39 Å². The fourth-order valence-corrected chi connectivity index (χ4v) is 2.86. The van der Waals surface area contributed by atoms with Crippen molar-refractivity contribution in [2.75, 3.05) is 47.0 Å². The van der Waals surface area contributed by atoms with Crippen LogP contribution < -0.4 is 20.9 Å². The van der Waals surface area contributed by atoms with E-state index in [0.29, 0.717) is 11.5 Å². The van der Waals surface area contributed by atoms with Crippen LogP contribution in [0.2, 0.25) is 0 Å². The van der Waals surface area contributed by atoms with Crippen LogP contribution in [0.1, 0.15) is 13.8 Å². The maximum atomic E-state index is 13.0. The molecule has 0 spiro atoms. The molecule has 3 N–H and O–H groups in total. The van der Waals surface area contributed by atoms with Gasteiger partial charge in [0.25, 0.3) is 0 Å². The van der Waals surface area contributed by atoms with E-state index in [0.717, 1.165) is 37.7 Å². The first-order chi connectivity index (χ1) is 11.5. The number of hydrogen-bond acceptors (Lipinski definition) is 6. The van der Waals surface area contributed by atoms with Gasteiger partial charge in [0, 0.05) is 37.9 Å². The van der Waals surface area contributed by atoms with Crippen LogP contribution in [-0.2, 0) is 0 Å². The molecule has 1 saturated heterocycles. The zero-order chi connectivity index (χ0) is 17.1. The first-order valence-electron chi connectivity index (χ1n) is 8.17. The summed E-state index contributed by atoms with van der Waals surface area (Å²) in [4.78, 5) is 13.0. The van der Waals surface area contributed by atoms with Crippen molar-refractivity contribution in [1.29, 1.82) is 0 Å². The largest absolute Gasteiger partial charge is 0.393 e. The number of hydrogen-bond donors (Lipinski definition) is 2. The third-order valence-corrected chi connectivity index (χ3v) is 4.06. The maximum Gasteiger partial charge on any atom is 0.157 e. The number of aromatic nitrogens is 2. The molecule has 7 heteroatoms. The van der Waals surface area contributed by atoms with E-state index >= 15 is 0 Å². The Bertz CT molecular complexity index is 680. The third kappa shape index (κ3) is 3.50. The first-order valence-corrected chi connectivity index (χ1v) is 8.17. The van der Waals surface area contributed by atoms with Crippen LogP contribution in [0.5, 0.6) is 0 Å². The zero-order valence-electron chi connectivity index (χ0n) is 14.0. The lowest BCUT2D eigenvalue weighted by atomic mass is 10.2. The molecule has 0 atom stereocenters. The summed E-state index contributed by atoms with van der Waals surface area (Å²) in [6.07, 6.45) is 1.54. The van der Waals surface area contributed by atoms with E-state index in [4.69, 9.17) is 5.73 Å². The minimum absolute atomic E-state index is 0.212. The van der Waals surface area contributed by atoms with Gasteiger partial charge >= 0.3 is 0 Å². The van der Waals surface area contributed by atoms with Gasteiger partial charge in [0.1, 0.15) is 17.8 Å². The van der Waals surface area contributed by atoms with Gasteiger partial charge in [-0.05, 0) is 38.1 Å². The van der Waals surface area contributed by atoms with Crippen molar-refractivity contribution in [2.24, 2.45) is 0 Å². The molecule has 1 aliphatic heterocycles. The summed E-state index contributed by atoms with van der Waals surface area (Å²) in [6, 6.07) is 6.87. The smallest absolute Gasteiger partial charge is 0.157 e. The molecular formula is C17H23FN6. The number of halogens is 1. The van der Waals surface area contributed by atoms with Crippen LogP contribution >= 0.6 is 0 Å². The molecule has 0 radical (unpaired) electrons. The number of piperazine rings is 1. The van der Waals surface area contributed by atoms with Crippen LogP contribution in [0.25, 0.3) is 0 Å². The highest BCUT2D eigenvalue weighted by molar-refractivity contribution is 5.75. The minimum atomic E-state index is -0.212. The summed E-state index contributed by atoms with van der Waals surface area (Å²) in [5.41, 5.74) is 7.86. The summed E-state index contributed by atoms with van der Waals surface area (Å²) >= 11 is 0. The topological polar surface area (TPSA) is 70.3 Å². The highest BCUT2D eigenvalue weighted by Crippen LogP contribution is 2.28. The number of nitrogens with one attached hydrogen (secondary N) is 1. The summed E-state index contributed by atoms with van der Waals surface area (Å²) < 4.78 is 13.0. The second kappa shape index (κ2) is 6.90. The van der Waals surface area contributed by atoms with Gasteiger partial charge in [-0.25, -0.2) is 14.4 Å². The Labute approximate surface area is 141 Å². The van der Waals surface area contributed by atoms with Gasteiger partial charge in [0.05, 0.1) is 0 Å². The van der Waals surface area contributed by atoms with E-state index in [1.165, 1.54) is 12.1 Å². The van der Waals surface area contributed by atoms with Crippen LogP contribution in [0, 0.1) is 5.82 Å². The van der Waals surface area contributed by atoms with E-state index in [-0.39, 0.29) is 11.9 Å². The van der Waals surface area contributed by atoms with E-state index in [1.807, 2.05) is 26.0 Å². The predicted octanol–water partition coefficient (Wildman–Crippen LogP) is 2.34. The summed E-state index contributed by atoms with van der Waals surface area (Å²) in [5, 5.41) is 3.24. The van der Waals surface area contributed by atoms with Gasteiger partial charge in [-0.15, -0.1) is 0 Å². The van der Waals surface area contributed by atoms with Crippen LogP contribution in [0.3, 0.4) is 0 Å². The highest BCUT2D eigenvalue weighted by Gasteiger charge is 2.21. The first kappa shape index (κ1) is 16.3. The Morgan fingerprint density at radius 2 is 1.67 bits per heavy atom. The molecule has 1 aliphatic rings. The van der Waals surface area contributed by atoms with Gasteiger partial charge in [-0.3, -0.25) is 0 Å². The summed E-state index contributed by atoms with van der Waals surface area (Å²) in [5.74, 6) is 1.24. The van der Waals surface area contributed by atoms with Crippen LogP contribution in [0.4, 0.5) is 27.4 Å². The van der Waals surface area contributed by atoms with Crippen molar-refractivity contribution in [2.45, 2.75) is 19.9 Å². The van der Waals surface area contributed by atoms with E-state index < -0.39 is 0 Å². The second-order valence-corrected chi connectivity index (χ2v) is 6.21. The average molecular weight is 330 g/mol. The molecule has 0 aliphatic carbocycles. The molecule has 128 valence electrons. The predicted molar refractivity (Wildman–Crippen MR) is 96.0 cm³/mol. The molecule has 0 saturated carbocycles. The third-order valence-electron chi connectivity index (χ3n) is 4.06. The molecular weight excluding hydrogens is 307 g/mol. The van der Waals surface area contributed by atoms with Crippen molar-refractivity contribution in [3.8, 4) is 0 Å². The van der Waals surface area contributed by atoms with Gasteiger partial charge in [0.2, 0.25) is 0 Å². The summed E-state index contributed by atoms with van der Waals surface area (Å²) in [6.45, 7) is 7.37. The monoisotopic (exact) mass is 330 g/mol. The highest BCUT2D eigenvalue weighted by atomic mass is 19.1. The lowest BCUT2D eigenvalue weighted by molar-refractivity contribution is 0.624. The maximum absolute atomic E-state index is 13.0. The lowest BCUT2D eigenvalue weighted by Crippen LogP contribution is -2.47. The number of nitrogen functional groups attached to an aromatic ring is 1. The molecule has 0 unspecified atom stereocenters. The van der Waals surface area contributed by atoms with Gasteiger partial charge < -0.3 is 20.9 Å². The Hall–Kier alpha value is -2.57. The molecule has 1 aromatic heterocycles. The van der Waals surface area contributed by atoms with Crippen LogP contribution in [0.15, 0.2) is 30.6 Å². The van der Waals surface area contributed by atoms with E-state index in [2.05, 4.69) is 25.1 Å². The fourth-order valence-electron chi connectivity index (χ4n) is 2.86. The van der Waals surface area contributed by atoms with Gasteiger partial charge in [-0.1, -0.05) is 0 Å². The van der Waals surface area contributed by atoms with Crippen molar-refractivity contribution in [3.05, 3.63) is 36.4 Å². The average Bonchev–Trinajstić information content (AvgIpc) is 2.57. The van der Waals surface area contributed by atoms with Crippen LogP contribution in [-0.4, -0.2) is 42.2 Å². The number of rotatable bonds is 4. The molecule has 6 nitrogen and oxygen atoms in total. The van der Waals surface area contributed by atoms with Gasteiger partial charge in [0.15, 0.2) is 11.6 Å². The van der Waals surface area contributed by atoms with E-state index in [1.54, 1.807) is 6.33 Å². The molecule has 2 aromatic rings. The molecule has 2 heterocycles. The van der Waals surface area contributed by atoms with Crippen molar-refractivity contribution in [3.63, 3.8) is 0 Å². The Balaban J connectivity index is 1.69. The zero-order valence-corrected chi connectivity index (χ0v) is 14.0. The second-order valence-electron chi connectivity index (χ2n) is 6.21. The molecule has 0 amide bonds. The normalized spacial score (nSPS) is 15.0. The number of benzene rings is 1. The minimum Gasteiger partial charge on any atom is -0.393 e. The standard InChI is InChI=1S/C17H23FN6/c1-12(2)22-16-15(19)17(21-11-20-16)24-9-7-23(8-10-24)14-5-3-13(18)4-6-14/h3-6,11-12H,7-10,19H2,1-2H3,(H,20,21,22). The van der Waals surface area contributed by atoms with Crippen molar-refractivity contribution in [1.82, 2.24) is 9.97 Å². The summed E-state index contributed by atoms with van der Waals surface area (Å²) in [7, 11) is 0. The Morgan fingerprint density at radius 1 is 1.04 bits per heavy atom. The number of anilines is 4. The van der Waals surface area contributed by atoms with E-state index in [9.17, 15) is 4.39 Å². The van der Waals surface area contributed by atoms with Crippen molar-refractivity contribution >= 4 is 23.0 Å². The molecule has 1 fully saturated rings.